The van der Waals surface area contributed by atoms with Gasteiger partial charge in [-0.1, -0.05) is 0 Å². The molecule has 0 bridgehead atoms. The van der Waals surface area contributed by atoms with Crippen LogP contribution in [0.4, 0.5) is 0 Å². The van der Waals surface area contributed by atoms with Crippen molar-refractivity contribution in [1.29, 1.82) is 31.6 Å². The minimum absolute atomic E-state index is 0.0124. The summed E-state index contributed by atoms with van der Waals surface area (Å²) in [5.74, 6) is -2.37. The van der Waals surface area contributed by atoms with Crippen molar-refractivity contribution < 1.29 is 0 Å². The molecule has 0 saturated carbocycles. The molecule has 1 aromatic rings. The van der Waals surface area contributed by atoms with Crippen LogP contribution in [0.1, 0.15) is 34.1 Å². The van der Waals surface area contributed by atoms with E-state index in [1.54, 1.807) is 36.4 Å². The third-order valence-corrected chi connectivity index (χ3v) is 2.58. The average molecular weight is 256 g/mol. The van der Waals surface area contributed by atoms with Gasteiger partial charge in [0, 0.05) is 5.56 Å². The largest absolute Gasteiger partial charge is 0.196 e. The van der Waals surface area contributed by atoms with Crippen molar-refractivity contribution in [3.05, 3.63) is 34.4 Å². The second kappa shape index (κ2) is 6.19. The zero-order valence-corrected chi connectivity index (χ0v) is 9.99. The summed E-state index contributed by atoms with van der Waals surface area (Å²) >= 11 is 0. The van der Waals surface area contributed by atoms with E-state index in [1.165, 1.54) is 12.1 Å². The van der Waals surface area contributed by atoms with Gasteiger partial charge >= 0.3 is 0 Å². The Bertz CT molecular complexity index is 732. The van der Waals surface area contributed by atoms with Crippen molar-refractivity contribution >= 4 is 0 Å². The maximum absolute atomic E-state index is 9.09. The standard InChI is InChI=1S/C14H4N6/c15-3-10-1-9(12(5-17)6-18)2-11(4-16)14(10)13(7-19)8-20/h1-2,12-13H. The van der Waals surface area contributed by atoms with Crippen molar-refractivity contribution in [3.8, 4) is 36.4 Å². The predicted molar refractivity (Wildman–Crippen MR) is 63.8 cm³/mol. The topological polar surface area (TPSA) is 143 Å². The lowest BCUT2D eigenvalue weighted by Crippen LogP contribution is -2.04. The van der Waals surface area contributed by atoms with Crippen molar-refractivity contribution in [1.82, 2.24) is 0 Å². The Hall–Kier alpha value is -3.84. The molecule has 0 spiro atoms. The van der Waals surface area contributed by atoms with E-state index in [4.69, 9.17) is 31.6 Å². The van der Waals surface area contributed by atoms with Gasteiger partial charge in [-0.3, -0.25) is 0 Å². The van der Waals surface area contributed by atoms with E-state index in [9.17, 15) is 0 Å². The molecule has 20 heavy (non-hydrogen) atoms. The Morgan fingerprint density at radius 3 is 1.35 bits per heavy atom. The summed E-state index contributed by atoms with van der Waals surface area (Å²) in [5, 5.41) is 53.6. The Morgan fingerprint density at radius 2 is 1.05 bits per heavy atom. The predicted octanol–water partition coefficient (Wildman–Crippen LogP) is 1.69. The zero-order valence-electron chi connectivity index (χ0n) is 9.99. The van der Waals surface area contributed by atoms with Crippen LogP contribution in [-0.2, 0) is 0 Å². The van der Waals surface area contributed by atoms with Gasteiger partial charge in [0.2, 0.25) is 0 Å². The van der Waals surface area contributed by atoms with Crippen LogP contribution in [0.5, 0.6) is 0 Å². The van der Waals surface area contributed by atoms with Gasteiger partial charge in [0.25, 0.3) is 0 Å². The fraction of sp³-hybridized carbons (Fsp3) is 0.143. The summed E-state index contributed by atoms with van der Waals surface area (Å²) in [7, 11) is 0. The molecule has 0 aliphatic carbocycles. The molecule has 0 saturated heterocycles. The smallest absolute Gasteiger partial charge is 0.160 e. The Kier molecular flexibility index (Phi) is 4.40. The van der Waals surface area contributed by atoms with E-state index in [2.05, 4.69) is 0 Å². The first-order valence-corrected chi connectivity index (χ1v) is 5.23. The molecule has 0 aliphatic rings. The number of hydrogen-bond acceptors (Lipinski definition) is 6. The molecule has 0 atom stereocenters. The molecular weight excluding hydrogens is 252 g/mol. The summed E-state index contributed by atoms with van der Waals surface area (Å²) in [6, 6.07) is 13.0. The Balaban J connectivity index is 3.70. The highest BCUT2D eigenvalue weighted by Gasteiger charge is 2.22. The van der Waals surface area contributed by atoms with Gasteiger partial charge < -0.3 is 0 Å². The molecular formula is C14H4N6. The SMILES string of the molecule is N#Cc1cc(C(C#N)C#N)cc(C#N)c1C(C#N)C#N. The second-order valence-electron chi connectivity index (χ2n) is 3.64. The quantitative estimate of drug-likeness (QED) is 0.787. The lowest BCUT2D eigenvalue weighted by Gasteiger charge is -2.09. The van der Waals surface area contributed by atoms with Crippen LogP contribution in [0.2, 0.25) is 0 Å². The number of benzene rings is 1. The summed E-state index contributed by atoms with van der Waals surface area (Å²) in [6.45, 7) is 0. The molecule has 0 heterocycles. The molecule has 0 aromatic heterocycles. The third-order valence-electron chi connectivity index (χ3n) is 2.58. The molecule has 6 nitrogen and oxygen atoms in total. The van der Waals surface area contributed by atoms with Gasteiger partial charge in [0.05, 0.1) is 47.5 Å². The third kappa shape index (κ3) is 2.37. The van der Waals surface area contributed by atoms with E-state index in [-0.39, 0.29) is 22.3 Å². The van der Waals surface area contributed by atoms with E-state index < -0.39 is 11.8 Å². The van der Waals surface area contributed by atoms with Gasteiger partial charge in [-0.05, 0) is 17.7 Å². The molecule has 1 rings (SSSR count). The van der Waals surface area contributed by atoms with Gasteiger partial charge in [-0.2, -0.15) is 31.6 Å². The second-order valence-corrected chi connectivity index (χ2v) is 3.64. The summed E-state index contributed by atoms with van der Waals surface area (Å²) < 4.78 is 0. The molecule has 6 heteroatoms. The number of hydrogen-bond donors (Lipinski definition) is 0. The van der Waals surface area contributed by atoms with Gasteiger partial charge in [-0.15, -0.1) is 0 Å². The van der Waals surface area contributed by atoms with Crippen LogP contribution in [-0.4, -0.2) is 0 Å². The molecule has 0 amide bonds. The monoisotopic (exact) mass is 256 g/mol. The number of rotatable bonds is 2. The highest BCUT2D eigenvalue weighted by molar-refractivity contribution is 5.57. The molecule has 0 fully saturated rings. The first-order chi connectivity index (χ1) is 9.66. The van der Waals surface area contributed by atoms with E-state index >= 15 is 0 Å². The summed E-state index contributed by atoms with van der Waals surface area (Å²) in [4.78, 5) is 0. The van der Waals surface area contributed by atoms with Crippen molar-refractivity contribution in [3.63, 3.8) is 0 Å². The first-order valence-electron chi connectivity index (χ1n) is 5.23. The van der Waals surface area contributed by atoms with Gasteiger partial charge in [0.1, 0.15) is 0 Å². The highest BCUT2D eigenvalue weighted by atomic mass is 14.4. The molecule has 0 aliphatic heterocycles. The highest BCUT2D eigenvalue weighted by Crippen LogP contribution is 2.27. The Morgan fingerprint density at radius 1 is 0.650 bits per heavy atom. The van der Waals surface area contributed by atoms with Crippen molar-refractivity contribution in [2.24, 2.45) is 0 Å². The normalized spacial score (nSPS) is 8.60. The minimum Gasteiger partial charge on any atom is -0.196 e. The van der Waals surface area contributed by atoms with Crippen LogP contribution in [0, 0.1) is 68.0 Å². The number of nitriles is 6. The van der Waals surface area contributed by atoms with Gasteiger partial charge in [0.15, 0.2) is 11.8 Å². The average Bonchev–Trinajstić information content (AvgIpc) is 2.50. The fourth-order valence-corrected chi connectivity index (χ4v) is 1.67. The van der Waals surface area contributed by atoms with Crippen LogP contribution >= 0.6 is 0 Å². The van der Waals surface area contributed by atoms with Crippen LogP contribution < -0.4 is 0 Å². The summed E-state index contributed by atoms with van der Waals surface area (Å²) in [5.41, 5.74) is 0.102. The van der Waals surface area contributed by atoms with E-state index in [0.717, 1.165) is 0 Å². The van der Waals surface area contributed by atoms with Crippen LogP contribution in [0.15, 0.2) is 12.1 Å². The maximum Gasteiger partial charge on any atom is 0.160 e. The summed E-state index contributed by atoms with van der Waals surface area (Å²) in [6.07, 6.45) is 0. The lowest BCUT2D eigenvalue weighted by atomic mass is 9.88. The Labute approximate surface area is 115 Å². The van der Waals surface area contributed by atoms with E-state index in [0.29, 0.717) is 0 Å². The van der Waals surface area contributed by atoms with Gasteiger partial charge in [-0.25, -0.2) is 0 Å². The zero-order chi connectivity index (χ0) is 15.1. The molecule has 0 unspecified atom stereocenters. The minimum atomic E-state index is -1.25. The molecule has 90 valence electrons. The van der Waals surface area contributed by atoms with Crippen LogP contribution in [0.25, 0.3) is 0 Å². The molecule has 1 aromatic carbocycles. The first kappa shape index (κ1) is 14.2. The van der Waals surface area contributed by atoms with Crippen molar-refractivity contribution in [2.45, 2.75) is 11.8 Å². The molecule has 0 N–H and O–H groups in total. The fourth-order valence-electron chi connectivity index (χ4n) is 1.67. The lowest BCUT2D eigenvalue weighted by molar-refractivity contribution is 1.05. The van der Waals surface area contributed by atoms with Crippen LogP contribution in [0.3, 0.4) is 0 Å². The maximum atomic E-state index is 9.09. The van der Waals surface area contributed by atoms with E-state index in [1.807, 2.05) is 0 Å². The van der Waals surface area contributed by atoms with Crippen molar-refractivity contribution in [2.75, 3.05) is 0 Å². The number of nitrogens with zero attached hydrogens (tertiary/aromatic N) is 6. The molecule has 0 radical (unpaired) electrons.